The largest absolute Gasteiger partial charge is 0.493 e. The van der Waals surface area contributed by atoms with E-state index in [9.17, 15) is 0 Å². The Balaban J connectivity index is 1.92. The zero-order valence-corrected chi connectivity index (χ0v) is 13.1. The van der Waals surface area contributed by atoms with Crippen LogP contribution >= 0.6 is 0 Å². The molecule has 0 spiro atoms. The molecule has 0 aliphatic heterocycles. The van der Waals surface area contributed by atoms with E-state index < -0.39 is 0 Å². The van der Waals surface area contributed by atoms with Gasteiger partial charge in [-0.3, -0.25) is 0 Å². The van der Waals surface area contributed by atoms with Gasteiger partial charge in [0.1, 0.15) is 5.82 Å². The SMILES string of the molecule is COc1cc(-c2ccc(NC3CC3)nc2)cc(OC)c1OC. The molecule has 0 atom stereocenters. The third kappa shape index (κ3) is 2.93. The Morgan fingerprint density at radius 2 is 1.64 bits per heavy atom. The Bertz CT molecular complexity index is 626. The first-order valence-corrected chi connectivity index (χ1v) is 7.28. The average Bonchev–Trinajstić information content (AvgIpc) is 3.38. The Labute approximate surface area is 130 Å². The summed E-state index contributed by atoms with van der Waals surface area (Å²) in [6, 6.07) is 8.48. The highest BCUT2D eigenvalue weighted by Crippen LogP contribution is 2.41. The van der Waals surface area contributed by atoms with Gasteiger partial charge < -0.3 is 19.5 Å². The summed E-state index contributed by atoms with van der Waals surface area (Å²) in [5.74, 6) is 2.78. The van der Waals surface area contributed by atoms with Crippen LogP contribution in [-0.4, -0.2) is 32.4 Å². The van der Waals surface area contributed by atoms with Crippen molar-refractivity contribution in [1.82, 2.24) is 4.98 Å². The van der Waals surface area contributed by atoms with Crippen molar-refractivity contribution in [2.45, 2.75) is 18.9 Å². The van der Waals surface area contributed by atoms with Gasteiger partial charge in [0.25, 0.3) is 0 Å². The van der Waals surface area contributed by atoms with Crippen LogP contribution in [0.1, 0.15) is 12.8 Å². The molecule has 0 saturated heterocycles. The van der Waals surface area contributed by atoms with Crippen LogP contribution in [0.25, 0.3) is 11.1 Å². The molecule has 2 aromatic rings. The summed E-state index contributed by atoms with van der Waals surface area (Å²) in [7, 11) is 4.82. The number of hydrogen-bond donors (Lipinski definition) is 1. The van der Waals surface area contributed by atoms with Crippen LogP contribution in [0, 0.1) is 0 Å². The van der Waals surface area contributed by atoms with Gasteiger partial charge in [0.15, 0.2) is 11.5 Å². The predicted octanol–water partition coefficient (Wildman–Crippen LogP) is 3.35. The Morgan fingerprint density at radius 3 is 2.09 bits per heavy atom. The van der Waals surface area contributed by atoms with Gasteiger partial charge in [-0.25, -0.2) is 4.98 Å². The van der Waals surface area contributed by atoms with Crippen LogP contribution in [0.4, 0.5) is 5.82 Å². The molecule has 1 aromatic carbocycles. The lowest BCUT2D eigenvalue weighted by atomic mass is 10.1. The lowest BCUT2D eigenvalue weighted by molar-refractivity contribution is 0.324. The third-order valence-electron chi connectivity index (χ3n) is 3.69. The van der Waals surface area contributed by atoms with Gasteiger partial charge in [0.05, 0.1) is 21.3 Å². The summed E-state index contributed by atoms with van der Waals surface area (Å²) in [6.45, 7) is 0. The van der Waals surface area contributed by atoms with Crippen molar-refractivity contribution < 1.29 is 14.2 Å². The molecule has 5 heteroatoms. The van der Waals surface area contributed by atoms with Crippen LogP contribution < -0.4 is 19.5 Å². The summed E-state index contributed by atoms with van der Waals surface area (Å²) >= 11 is 0. The molecule has 22 heavy (non-hydrogen) atoms. The minimum Gasteiger partial charge on any atom is -0.493 e. The fourth-order valence-corrected chi connectivity index (χ4v) is 2.33. The molecule has 1 heterocycles. The van der Waals surface area contributed by atoms with Gasteiger partial charge >= 0.3 is 0 Å². The van der Waals surface area contributed by atoms with E-state index in [-0.39, 0.29) is 0 Å². The topological polar surface area (TPSA) is 52.6 Å². The fourth-order valence-electron chi connectivity index (χ4n) is 2.33. The van der Waals surface area contributed by atoms with Crippen molar-refractivity contribution in [3.05, 3.63) is 30.5 Å². The molecule has 1 saturated carbocycles. The molecule has 0 unspecified atom stereocenters. The van der Waals surface area contributed by atoms with E-state index >= 15 is 0 Å². The van der Waals surface area contributed by atoms with Crippen molar-refractivity contribution in [3.63, 3.8) is 0 Å². The molecule has 1 aliphatic carbocycles. The van der Waals surface area contributed by atoms with E-state index in [0.717, 1.165) is 16.9 Å². The second-order valence-corrected chi connectivity index (χ2v) is 5.26. The van der Waals surface area contributed by atoms with Gasteiger partial charge in [-0.05, 0) is 42.7 Å². The Kier molecular flexibility index (Phi) is 4.04. The Hall–Kier alpha value is -2.43. The van der Waals surface area contributed by atoms with Crippen LogP contribution in [0.15, 0.2) is 30.5 Å². The summed E-state index contributed by atoms with van der Waals surface area (Å²) in [6.07, 6.45) is 4.32. The highest BCUT2D eigenvalue weighted by Gasteiger charge is 2.21. The van der Waals surface area contributed by atoms with E-state index in [0.29, 0.717) is 23.3 Å². The van der Waals surface area contributed by atoms with E-state index in [1.807, 2.05) is 30.5 Å². The van der Waals surface area contributed by atoms with Crippen molar-refractivity contribution in [2.24, 2.45) is 0 Å². The van der Waals surface area contributed by atoms with Crippen molar-refractivity contribution in [3.8, 4) is 28.4 Å². The lowest BCUT2D eigenvalue weighted by Gasteiger charge is -2.14. The molecular formula is C17H20N2O3. The molecule has 1 N–H and O–H groups in total. The second kappa shape index (κ2) is 6.13. The first-order chi connectivity index (χ1) is 10.7. The molecule has 3 rings (SSSR count). The van der Waals surface area contributed by atoms with E-state index in [1.54, 1.807) is 21.3 Å². The molecule has 0 bridgehead atoms. The van der Waals surface area contributed by atoms with Crippen LogP contribution in [0.5, 0.6) is 17.2 Å². The smallest absolute Gasteiger partial charge is 0.203 e. The number of anilines is 1. The van der Waals surface area contributed by atoms with Gasteiger partial charge in [-0.15, -0.1) is 0 Å². The summed E-state index contributed by atoms with van der Waals surface area (Å²) < 4.78 is 16.1. The summed E-state index contributed by atoms with van der Waals surface area (Å²) in [5.41, 5.74) is 1.97. The number of pyridine rings is 1. The predicted molar refractivity (Wildman–Crippen MR) is 86.0 cm³/mol. The first-order valence-electron chi connectivity index (χ1n) is 7.28. The molecular weight excluding hydrogens is 280 g/mol. The zero-order valence-electron chi connectivity index (χ0n) is 13.1. The van der Waals surface area contributed by atoms with Crippen LogP contribution in [0.3, 0.4) is 0 Å². The quantitative estimate of drug-likeness (QED) is 0.886. The lowest BCUT2D eigenvalue weighted by Crippen LogP contribution is -2.02. The van der Waals surface area contributed by atoms with Gasteiger partial charge in [0.2, 0.25) is 5.75 Å². The Morgan fingerprint density at radius 1 is 0.955 bits per heavy atom. The fraction of sp³-hybridized carbons (Fsp3) is 0.353. The number of benzene rings is 1. The van der Waals surface area contributed by atoms with Crippen LogP contribution in [0.2, 0.25) is 0 Å². The molecule has 0 amide bonds. The number of rotatable bonds is 6. The average molecular weight is 300 g/mol. The van der Waals surface area contributed by atoms with Gasteiger partial charge in [0, 0.05) is 17.8 Å². The molecule has 116 valence electrons. The highest BCUT2D eigenvalue weighted by molar-refractivity contribution is 5.71. The number of ether oxygens (including phenoxy) is 3. The minimum atomic E-state index is 0.591. The van der Waals surface area contributed by atoms with Crippen molar-refractivity contribution in [1.29, 1.82) is 0 Å². The first kappa shape index (κ1) is 14.5. The summed E-state index contributed by atoms with van der Waals surface area (Å²) in [4.78, 5) is 4.46. The molecule has 1 aliphatic rings. The standard InChI is InChI=1S/C17H20N2O3/c1-20-14-8-12(9-15(21-2)17(14)22-3)11-4-7-16(18-10-11)19-13-5-6-13/h4,7-10,13H,5-6H2,1-3H3,(H,18,19). The maximum atomic E-state index is 5.39. The van der Waals surface area contributed by atoms with E-state index in [1.165, 1.54) is 12.8 Å². The monoisotopic (exact) mass is 300 g/mol. The van der Waals surface area contributed by atoms with E-state index in [2.05, 4.69) is 10.3 Å². The summed E-state index contributed by atoms with van der Waals surface area (Å²) in [5, 5.41) is 3.38. The second-order valence-electron chi connectivity index (χ2n) is 5.26. The van der Waals surface area contributed by atoms with Crippen LogP contribution in [-0.2, 0) is 0 Å². The molecule has 1 fully saturated rings. The maximum Gasteiger partial charge on any atom is 0.203 e. The number of nitrogens with zero attached hydrogens (tertiary/aromatic N) is 1. The normalized spacial score (nSPS) is 13.6. The van der Waals surface area contributed by atoms with Crippen molar-refractivity contribution in [2.75, 3.05) is 26.6 Å². The third-order valence-corrected chi connectivity index (χ3v) is 3.69. The molecule has 1 aromatic heterocycles. The minimum absolute atomic E-state index is 0.591. The molecule has 0 radical (unpaired) electrons. The van der Waals surface area contributed by atoms with Gasteiger partial charge in [-0.1, -0.05) is 0 Å². The van der Waals surface area contributed by atoms with Gasteiger partial charge in [-0.2, -0.15) is 0 Å². The number of nitrogens with one attached hydrogen (secondary N) is 1. The number of aromatic nitrogens is 1. The highest BCUT2D eigenvalue weighted by atomic mass is 16.5. The maximum absolute atomic E-state index is 5.39. The zero-order chi connectivity index (χ0) is 15.5. The number of methoxy groups -OCH3 is 3. The van der Waals surface area contributed by atoms with Crippen molar-refractivity contribution >= 4 is 5.82 Å². The van der Waals surface area contributed by atoms with E-state index in [4.69, 9.17) is 14.2 Å². The molecule has 5 nitrogen and oxygen atoms in total. The number of hydrogen-bond acceptors (Lipinski definition) is 5.